The summed E-state index contributed by atoms with van der Waals surface area (Å²) in [5.74, 6) is -1.19. The number of hydrogen-bond donors (Lipinski definition) is 0. The van der Waals surface area contributed by atoms with Crippen molar-refractivity contribution in [2.24, 2.45) is 0 Å². The topological polar surface area (TPSA) is 46.2 Å². The maximum Gasteiger partial charge on any atom is 0.164 e. The molecule has 1 aromatic carbocycles. The van der Waals surface area contributed by atoms with Crippen molar-refractivity contribution in [3.8, 4) is 0 Å². The summed E-state index contributed by atoms with van der Waals surface area (Å²) < 4.78 is 30.3. The molecule has 3 saturated heterocycles. The second-order valence-electron chi connectivity index (χ2n) is 7.33. The normalized spacial score (nSPS) is 39.9. The van der Waals surface area contributed by atoms with E-state index < -0.39 is 11.6 Å². The predicted molar refractivity (Wildman–Crippen MR) is 89.7 cm³/mol. The van der Waals surface area contributed by atoms with Crippen molar-refractivity contribution in [2.45, 2.75) is 74.0 Å². The maximum atomic E-state index is 6.31. The van der Waals surface area contributed by atoms with E-state index in [9.17, 15) is 0 Å². The quantitative estimate of drug-likeness (QED) is 0.833. The third-order valence-electron chi connectivity index (χ3n) is 4.44. The summed E-state index contributed by atoms with van der Waals surface area (Å²) in [5.41, 5.74) is -0.128. The van der Waals surface area contributed by atoms with E-state index in [1.165, 1.54) is 0 Å². The summed E-state index contributed by atoms with van der Waals surface area (Å²) in [6, 6.07) is 10.2. The average Bonchev–Trinajstić information content (AvgIpc) is 3.12. The molecule has 4 rings (SSSR count). The van der Waals surface area contributed by atoms with Gasteiger partial charge in [0.05, 0.1) is 6.61 Å². The van der Waals surface area contributed by atoms with Crippen molar-refractivity contribution in [3.05, 3.63) is 30.3 Å². The van der Waals surface area contributed by atoms with Gasteiger partial charge in [-0.25, -0.2) is 0 Å². The van der Waals surface area contributed by atoms with E-state index in [1.54, 1.807) is 11.8 Å². The van der Waals surface area contributed by atoms with Gasteiger partial charge in [-0.2, -0.15) is 0 Å². The zero-order valence-electron chi connectivity index (χ0n) is 14.4. The zero-order valence-corrected chi connectivity index (χ0v) is 15.2. The van der Waals surface area contributed by atoms with Gasteiger partial charge in [-0.05, 0) is 39.8 Å². The van der Waals surface area contributed by atoms with Gasteiger partial charge in [-0.15, -0.1) is 0 Å². The summed E-state index contributed by atoms with van der Waals surface area (Å²) in [5, 5.41) is 0. The highest BCUT2D eigenvalue weighted by Gasteiger charge is 2.59. The minimum atomic E-state index is -0.609. The number of rotatable bonds is 3. The molecule has 5 atom stereocenters. The van der Waals surface area contributed by atoms with Crippen molar-refractivity contribution in [1.29, 1.82) is 0 Å². The Bertz CT molecular complexity index is 590. The molecule has 3 heterocycles. The Morgan fingerprint density at radius 3 is 2.25 bits per heavy atom. The van der Waals surface area contributed by atoms with Crippen LogP contribution in [0.1, 0.15) is 27.7 Å². The van der Waals surface area contributed by atoms with E-state index in [1.807, 2.05) is 45.9 Å². The fourth-order valence-electron chi connectivity index (χ4n) is 3.50. The highest BCUT2D eigenvalue weighted by atomic mass is 32.2. The third kappa shape index (κ3) is 3.23. The van der Waals surface area contributed by atoms with Crippen LogP contribution in [0.5, 0.6) is 0 Å². The molecule has 0 bridgehead atoms. The molecule has 0 aliphatic carbocycles. The van der Waals surface area contributed by atoms with Gasteiger partial charge >= 0.3 is 0 Å². The van der Waals surface area contributed by atoms with Crippen LogP contribution in [0, 0.1) is 0 Å². The smallest absolute Gasteiger partial charge is 0.164 e. The van der Waals surface area contributed by atoms with Gasteiger partial charge in [-0.3, -0.25) is 0 Å². The fourth-order valence-corrected chi connectivity index (χ4v) is 4.61. The number of thioether (sulfide) groups is 1. The van der Waals surface area contributed by atoms with E-state index in [0.717, 1.165) is 4.90 Å². The van der Waals surface area contributed by atoms with Crippen molar-refractivity contribution in [2.75, 3.05) is 6.61 Å². The molecule has 132 valence electrons. The number of ether oxygens (including phenoxy) is 5. The van der Waals surface area contributed by atoms with Crippen LogP contribution in [0.3, 0.4) is 0 Å². The van der Waals surface area contributed by atoms with Gasteiger partial charge in [0.15, 0.2) is 11.6 Å². The van der Waals surface area contributed by atoms with Crippen LogP contribution < -0.4 is 0 Å². The number of benzene rings is 1. The molecule has 1 aromatic rings. The summed E-state index contributed by atoms with van der Waals surface area (Å²) in [6.45, 7) is 8.25. The molecule has 0 N–H and O–H groups in total. The van der Waals surface area contributed by atoms with Crippen molar-refractivity contribution in [1.82, 2.24) is 0 Å². The molecule has 24 heavy (non-hydrogen) atoms. The van der Waals surface area contributed by atoms with Crippen LogP contribution in [0.25, 0.3) is 0 Å². The lowest BCUT2D eigenvalue weighted by molar-refractivity contribution is -0.198. The number of fused-ring (bicyclic) bond motifs is 1. The first-order valence-corrected chi connectivity index (χ1v) is 9.26. The predicted octanol–water partition coefficient (Wildman–Crippen LogP) is 3.18. The van der Waals surface area contributed by atoms with Gasteiger partial charge < -0.3 is 23.7 Å². The van der Waals surface area contributed by atoms with Crippen molar-refractivity contribution >= 4 is 11.8 Å². The molecule has 0 saturated carbocycles. The maximum absolute atomic E-state index is 6.31. The van der Waals surface area contributed by atoms with Gasteiger partial charge in [0.2, 0.25) is 0 Å². The highest BCUT2D eigenvalue weighted by Crippen LogP contribution is 2.46. The Labute approximate surface area is 146 Å². The second kappa shape index (κ2) is 5.97. The highest BCUT2D eigenvalue weighted by molar-refractivity contribution is 7.99. The van der Waals surface area contributed by atoms with Gasteiger partial charge in [0, 0.05) is 4.90 Å². The van der Waals surface area contributed by atoms with Crippen molar-refractivity contribution in [3.63, 3.8) is 0 Å². The summed E-state index contributed by atoms with van der Waals surface area (Å²) in [7, 11) is 0. The largest absolute Gasteiger partial charge is 0.356 e. The lowest BCUT2D eigenvalue weighted by Gasteiger charge is -2.26. The van der Waals surface area contributed by atoms with Crippen LogP contribution in [0.4, 0.5) is 0 Å². The Morgan fingerprint density at radius 1 is 0.875 bits per heavy atom. The molecule has 3 fully saturated rings. The van der Waals surface area contributed by atoms with E-state index in [4.69, 9.17) is 23.7 Å². The van der Waals surface area contributed by atoms with Crippen LogP contribution in [-0.2, 0) is 23.7 Å². The van der Waals surface area contributed by atoms with Gasteiger partial charge in [-0.1, -0.05) is 30.0 Å². The molecular weight excluding hydrogens is 328 g/mol. The van der Waals surface area contributed by atoms with Gasteiger partial charge in [0.1, 0.15) is 29.9 Å². The van der Waals surface area contributed by atoms with E-state index in [2.05, 4.69) is 12.1 Å². The van der Waals surface area contributed by atoms with Crippen molar-refractivity contribution < 1.29 is 23.7 Å². The number of hydrogen-bond acceptors (Lipinski definition) is 6. The lowest BCUT2D eigenvalue weighted by Crippen LogP contribution is -2.40. The molecule has 6 heteroatoms. The minimum Gasteiger partial charge on any atom is -0.356 e. The molecular formula is C18H24O5S. The first-order chi connectivity index (χ1) is 11.3. The first-order valence-electron chi connectivity index (χ1n) is 8.38. The first kappa shape index (κ1) is 16.8. The molecule has 0 radical (unpaired) electrons. The standard InChI is InChI=1S/C18H24O5S/c1-17(2)19-10-12(21-17)13-14-15(23-18(3,4)22-14)16(20-13)24-11-8-6-5-7-9-11/h5-9,12-16H,10H2,1-4H3/t12-,13+,14-,15-,16?/m0/s1. The van der Waals surface area contributed by atoms with Crippen LogP contribution in [0.15, 0.2) is 35.2 Å². The van der Waals surface area contributed by atoms with Gasteiger partial charge in [0.25, 0.3) is 0 Å². The van der Waals surface area contributed by atoms with Crippen LogP contribution >= 0.6 is 11.8 Å². The summed E-state index contributed by atoms with van der Waals surface area (Å²) >= 11 is 1.67. The molecule has 1 unspecified atom stereocenters. The Morgan fingerprint density at radius 2 is 1.58 bits per heavy atom. The Hall–Kier alpha value is -0.630. The summed E-state index contributed by atoms with van der Waals surface area (Å²) in [6.07, 6.45) is -0.614. The minimum absolute atomic E-state index is 0.123. The fraction of sp³-hybridized carbons (Fsp3) is 0.667. The summed E-state index contributed by atoms with van der Waals surface area (Å²) in [4.78, 5) is 1.15. The molecule has 0 amide bonds. The second-order valence-corrected chi connectivity index (χ2v) is 8.50. The molecule has 0 spiro atoms. The van der Waals surface area contributed by atoms with E-state index in [-0.39, 0.29) is 29.9 Å². The monoisotopic (exact) mass is 352 g/mol. The SMILES string of the molecule is CC1(C)OC[C@@H]([C@H]2OC(Sc3ccccc3)[C@H]3OC(C)(C)O[C@@H]23)O1. The van der Waals surface area contributed by atoms with E-state index in [0.29, 0.717) is 6.61 Å². The zero-order chi connectivity index (χ0) is 16.9. The molecule has 3 aliphatic heterocycles. The van der Waals surface area contributed by atoms with Crippen LogP contribution in [-0.4, -0.2) is 48.0 Å². The molecule has 3 aliphatic rings. The van der Waals surface area contributed by atoms with Crippen LogP contribution in [0.2, 0.25) is 0 Å². The molecule has 0 aromatic heterocycles. The average molecular weight is 352 g/mol. The Kier molecular flexibility index (Phi) is 4.18. The third-order valence-corrected chi connectivity index (χ3v) is 5.60. The lowest BCUT2D eigenvalue weighted by atomic mass is 10.1. The van der Waals surface area contributed by atoms with E-state index >= 15 is 0 Å². The Balaban J connectivity index is 1.54. The molecule has 5 nitrogen and oxygen atoms in total.